The van der Waals surface area contributed by atoms with Crippen molar-refractivity contribution in [2.75, 3.05) is 73.7 Å². The van der Waals surface area contributed by atoms with E-state index in [0.29, 0.717) is 0 Å². The molecule has 9 heteroatoms. The normalized spacial score (nSPS) is 19.1. The first-order chi connectivity index (χ1) is 12.3. The van der Waals surface area contributed by atoms with E-state index in [2.05, 4.69) is 26.1 Å². The fourth-order valence-electron chi connectivity index (χ4n) is 3.63. The molecule has 4 heterocycles. The molecule has 27 heavy (non-hydrogen) atoms. The predicted octanol–water partition coefficient (Wildman–Crippen LogP) is 1.93. The topological polar surface area (TPSA) is 67.8 Å². The quantitative estimate of drug-likeness (QED) is 0.773. The number of piperazine rings is 1. The second-order valence-corrected chi connectivity index (χ2v) is 6.83. The lowest BCUT2D eigenvalue weighted by Gasteiger charge is -2.30. The highest BCUT2D eigenvalue weighted by Crippen LogP contribution is 2.27. The molecule has 0 bridgehead atoms. The molecule has 0 aromatic carbocycles. The molecule has 1 aromatic heterocycles. The minimum Gasteiger partial charge on any atom is -0.397 e. The standard InChI is InChI=1S/C16H26N6.C2H6O.2ClH/c1-2-8-20(7-1)14-13-15(21-11-5-17-6-12-21)19-16(18-14)22-9-3-4-10-22;1-2-3;;/h13,17H,1-12H2;3H,2H2,1H3;2*1H. The summed E-state index contributed by atoms with van der Waals surface area (Å²) < 4.78 is 0. The Bertz CT molecular complexity index is 498. The van der Waals surface area contributed by atoms with Gasteiger partial charge in [0, 0.05) is 65.0 Å². The fourth-order valence-corrected chi connectivity index (χ4v) is 3.63. The van der Waals surface area contributed by atoms with Crippen LogP contribution in [0.3, 0.4) is 0 Å². The SMILES string of the molecule is CCO.Cl.Cl.c1c(N2CCCC2)nc(N2CCCC2)nc1N1CCNCC1. The Labute approximate surface area is 175 Å². The number of hydrogen-bond acceptors (Lipinski definition) is 7. The van der Waals surface area contributed by atoms with E-state index in [1.54, 1.807) is 6.92 Å². The zero-order valence-corrected chi connectivity index (χ0v) is 17.9. The van der Waals surface area contributed by atoms with Gasteiger partial charge in [0.05, 0.1) is 0 Å². The van der Waals surface area contributed by atoms with Crippen molar-refractivity contribution in [1.82, 2.24) is 15.3 Å². The van der Waals surface area contributed by atoms with E-state index in [1.807, 2.05) is 0 Å². The molecule has 3 aliphatic heterocycles. The van der Waals surface area contributed by atoms with Crippen LogP contribution in [0.25, 0.3) is 0 Å². The van der Waals surface area contributed by atoms with E-state index in [0.717, 1.165) is 69.9 Å². The fraction of sp³-hybridized carbons (Fsp3) is 0.778. The molecule has 1 aromatic rings. The highest BCUT2D eigenvalue weighted by molar-refractivity contribution is 5.85. The third-order valence-corrected chi connectivity index (χ3v) is 4.95. The van der Waals surface area contributed by atoms with Gasteiger partial charge in [0.25, 0.3) is 0 Å². The number of rotatable bonds is 3. The van der Waals surface area contributed by atoms with Crippen LogP contribution in [0.1, 0.15) is 32.6 Å². The number of nitrogens with zero attached hydrogens (tertiary/aromatic N) is 5. The van der Waals surface area contributed by atoms with Gasteiger partial charge >= 0.3 is 0 Å². The van der Waals surface area contributed by atoms with Crippen LogP contribution in [-0.4, -0.2) is 74.0 Å². The Morgan fingerprint density at radius 3 is 1.70 bits per heavy atom. The summed E-state index contributed by atoms with van der Waals surface area (Å²) in [5.74, 6) is 3.18. The summed E-state index contributed by atoms with van der Waals surface area (Å²) in [5, 5.41) is 11.0. The van der Waals surface area contributed by atoms with Crippen LogP contribution >= 0.6 is 24.8 Å². The first kappa shape index (κ1) is 24.0. The smallest absolute Gasteiger partial charge is 0.229 e. The Morgan fingerprint density at radius 1 is 0.815 bits per heavy atom. The maximum absolute atomic E-state index is 7.57. The number of aromatic nitrogens is 2. The van der Waals surface area contributed by atoms with Crippen molar-refractivity contribution in [3.8, 4) is 0 Å². The monoisotopic (exact) mass is 420 g/mol. The van der Waals surface area contributed by atoms with Crippen LogP contribution in [0, 0.1) is 0 Å². The van der Waals surface area contributed by atoms with Gasteiger partial charge in [0.1, 0.15) is 11.6 Å². The van der Waals surface area contributed by atoms with Crippen LogP contribution in [0.4, 0.5) is 17.6 Å². The van der Waals surface area contributed by atoms with E-state index in [4.69, 9.17) is 15.1 Å². The Hall–Kier alpha value is -1.02. The minimum atomic E-state index is 0. The van der Waals surface area contributed by atoms with Crippen LogP contribution in [-0.2, 0) is 0 Å². The molecule has 0 unspecified atom stereocenters. The highest BCUT2D eigenvalue weighted by Gasteiger charge is 2.22. The van der Waals surface area contributed by atoms with Gasteiger partial charge < -0.3 is 25.1 Å². The van der Waals surface area contributed by atoms with E-state index in [-0.39, 0.29) is 31.4 Å². The van der Waals surface area contributed by atoms with Crippen LogP contribution in [0.15, 0.2) is 6.07 Å². The van der Waals surface area contributed by atoms with Gasteiger partial charge in [0.15, 0.2) is 0 Å². The lowest BCUT2D eigenvalue weighted by atomic mass is 10.3. The second kappa shape index (κ2) is 12.4. The average molecular weight is 421 g/mol. The zero-order valence-electron chi connectivity index (χ0n) is 16.3. The van der Waals surface area contributed by atoms with Gasteiger partial charge in [-0.05, 0) is 32.6 Å². The molecule has 3 aliphatic rings. The third-order valence-electron chi connectivity index (χ3n) is 4.95. The van der Waals surface area contributed by atoms with Crippen LogP contribution in [0.5, 0.6) is 0 Å². The van der Waals surface area contributed by atoms with E-state index in [1.165, 1.54) is 25.7 Å². The molecular formula is C18H34Cl2N6O. The second-order valence-electron chi connectivity index (χ2n) is 6.83. The van der Waals surface area contributed by atoms with Gasteiger partial charge in [-0.3, -0.25) is 0 Å². The predicted molar refractivity (Wildman–Crippen MR) is 117 cm³/mol. The van der Waals surface area contributed by atoms with E-state index < -0.39 is 0 Å². The van der Waals surface area contributed by atoms with Crippen LogP contribution in [0.2, 0.25) is 0 Å². The largest absolute Gasteiger partial charge is 0.397 e. The highest BCUT2D eigenvalue weighted by atomic mass is 35.5. The summed E-state index contributed by atoms with van der Waals surface area (Å²) in [4.78, 5) is 17.0. The first-order valence-electron chi connectivity index (χ1n) is 9.77. The van der Waals surface area contributed by atoms with Crippen molar-refractivity contribution < 1.29 is 5.11 Å². The van der Waals surface area contributed by atoms with Crippen molar-refractivity contribution >= 4 is 42.4 Å². The van der Waals surface area contributed by atoms with Gasteiger partial charge in [0.2, 0.25) is 5.95 Å². The summed E-state index contributed by atoms with van der Waals surface area (Å²) in [7, 11) is 0. The zero-order chi connectivity index (χ0) is 17.5. The molecule has 7 nitrogen and oxygen atoms in total. The maximum atomic E-state index is 7.57. The van der Waals surface area contributed by atoms with Crippen molar-refractivity contribution in [3.05, 3.63) is 6.07 Å². The first-order valence-corrected chi connectivity index (χ1v) is 9.77. The summed E-state index contributed by atoms with van der Waals surface area (Å²) in [6.45, 7) is 10.6. The van der Waals surface area contributed by atoms with Crippen molar-refractivity contribution in [1.29, 1.82) is 0 Å². The maximum Gasteiger partial charge on any atom is 0.229 e. The Morgan fingerprint density at radius 2 is 1.22 bits per heavy atom. The third kappa shape index (κ3) is 6.52. The molecule has 3 saturated heterocycles. The number of aliphatic hydroxyl groups excluding tert-OH is 1. The minimum absolute atomic E-state index is 0. The molecule has 156 valence electrons. The molecule has 0 amide bonds. The molecule has 2 N–H and O–H groups in total. The molecule has 3 fully saturated rings. The van der Waals surface area contributed by atoms with Crippen molar-refractivity contribution in [2.24, 2.45) is 0 Å². The number of anilines is 3. The Kier molecular flexibility index (Phi) is 11.1. The van der Waals surface area contributed by atoms with Gasteiger partial charge in [-0.1, -0.05) is 0 Å². The number of aliphatic hydroxyl groups is 1. The summed E-state index contributed by atoms with van der Waals surface area (Å²) in [5.41, 5.74) is 0. The van der Waals surface area contributed by atoms with Gasteiger partial charge in [-0.15, -0.1) is 24.8 Å². The van der Waals surface area contributed by atoms with Crippen LogP contribution < -0.4 is 20.0 Å². The van der Waals surface area contributed by atoms with Gasteiger partial charge in [-0.2, -0.15) is 9.97 Å². The molecule has 0 atom stereocenters. The molecule has 0 spiro atoms. The van der Waals surface area contributed by atoms with Crippen molar-refractivity contribution in [2.45, 2.75) is 32.6 Å². The molecule has 4 rings (SSSR count). The van der Waals surface area contributed by atoms with E-state index in [9.17, 15) is 0 Å². The molecule has 0 aliphatic carbocycles. The summed E-state index contributed by atoms with van der Waals surface area (Å²) in [6, 6.07) is 2.20. The summed E-state index contributed by atoms with van der Waals surface area (Å²) in [6.07, 6.45) is 5.10. The molecular weight excluding hydrogens is 387 g/mol. The molecule has 0 radical (unpaired) electrons. The Balaban J connectivity index is 0.000000686. The average Bonchev–Trinajstić information content (AvgIpc) is 3.37. The number of hydrogen-bond donors (Lipinski definition) is 2. The lowest BCUT2D eigenvalue weighted by molar-refractivity contribution is 0.318. The van der Waals surface area contributed by atoms with E-state index >= 15 is 0 Å². The number of halogens is 2. The summed E-state index contributed by atoms with van der Waals surface area (Å²) >= 11 is 0. The van der Waals surface area contributed by atoms with Gasteiger partial charge in [-0.25, -0.2) is 0 Å². The number of nitrogens with one attached hydrogen (secondary N) is 1. The lowest BCUT2D eigenvalue weighted by Crippen LogP contribution is -2.44. The molecule has 0 saturated carbocycles. The van der Waals surface area contributed by atoms with Crippen molar-refractivity contribution in [3.63, 3.8) is 0 Å².